The highest BCUT2D eigenvalue weighted by molar-refractivity contribution is 5.79. The second kappa shape index (κ2) is 9.47. The first-order valence-corrected chi connectivity index (χ1v) is 9.67. The summed E-state index contributed by atoms with van der Waals surface area (Å²) < 4.78 is 59.9. The van der Waals surface area contributed by atoms with Crippen LogP contribution in [0.2, 0.25) is 0 Å². The van der Waals surface area contributed by atoms with Crippen LogP contribution in [0, 0.1) is 5.82 Å². The number of halogens is 4. The Morgan fingerprint density at radius 1 is 1.17 bits per heavy atom. The highest BCUT2D eigenvalue weighted by Gasteiger charge is 2.54. The normalized spacial score (nSPS) is 14.6. The lowest BCUT2D eigenvalue weighted by atomic mass is 9.83. The zero-order valence-electron chi connectivity index (χ0n) is 17.3. The number of aliphatic hydroxyl groups is 1. The van der Waals surface area contributed by atoms with Crippen LogP contribution in [0.15, 0.2) is 42.7 Å². The summed E-state index contributed by atoms with van der Waals surface area (Å²) in [6, 6.07) is 6.89. The van der Waals surface area contributed by atoms with Crippen molar-refractivity contribution < 1.29 is 27.4 Å². The van der Waals surface area contributed by atoms with Crippen LogP contribution in [0.5, 0.6) is 5.75 Å². The third kappa shape index (κ3) is 5.11. The molecular formula is C22H26F4N2O2. The summed E-state index contributed by atoms with van der Waals surface area (Å²) in [4.78, 5) is 6.79. The van der Waals surface area contributed by atoms with Crippen molar-refractivity contribution in [1.82, 2.24) is 9.97 Å². The van der Waals surface area contributed by atoms with Gasteiger partial charge in [0.2, 0.25) is 0 Å². The van der Waals surface area contributed by atoms with Gasteiger partial charge in [0, 0.05) is 29.8 Å². The molecule has 2 atom stereocenters. The first kappa shape index (κ1) is 23.7. The molecule has 0 aliphatic rings. The van der Waals surface area contributed by atoms with Gasteiger partial charge in [0.25, 0.3) is 0 Å². The van der Waals surface area contributed by atoms with Crippen molar-refractivity contribution in [1.29, 1.82) is 0 Å². The first-order chi connectivity index (χ1) is 14.1. The van der Waals surface area contributed by atoms with Crippen molar-refractivity contribution in [3.63, 3.8) is 0 Å². The van der Waals surface area contributed by atoms with Gasteiger partial charge < -0.3 is 14.8 Å². The van der Waals surface area contributed by atoms with Crippen molar-refractivity contribution in [3.05, 3.63) is 59.8 Å². The van der Waals surface area contributed by atoms with Gasteiger partial charge in [0.15, 0.2) is 5.60 Å². The zero-order valence-corrected chi connectivity index (χ0v) is 17.3. The minimum Gasteiger partial charge on any atom is -0.496 e. The number of H-pyrrole nitrogens is 1. The number of hydrogen-bond donors (Lipinski definition) is 2. The molecule has 164 valence electrons. The summed E-state index contributed by atoms with van der Waals surface area (Å²) in [5.41, 5.74) is -1.73. The molecule has 8 heteroatoms. The Hall–Kier alpha value is -2.61. The van der Waals surface area contributed by atoms with E-state index in [1.165, 1.54) is 19.4 Å². The predicted molar refractivity (Wildman–Crippen MR) is 108 cm³/mol. The minimum absolute atomic E-state index is 0.147. The van der Waals surface area contributed by atoms with Crippen LogP contribution in [0.3, 0.4) is 0 Å². The molecule has 30 heavy (non-hydrogen) atoms. The molecule has 0 aliphatic carbocycles. The van der Waals surface area contributed by atoms with Gasteiger partial charge in [0.1, 0.15) is 11.6 Å². The number of methoxy groups -OCH3 is 1. The van der Waals surface area contributed by atoms with Crippen molar-refractivity contribution >= 4 is 10.9 Å². The third-order valence-corrected chi connectivity index (χ3v) is 4.86. The zero-order chi connectivity index (χ0) is 22.5. The predicted octanol–water partition coefficient (Wildman–Crippen LogP) is 5.77. The van der Waals surface area contributed by atoms with Crippen LogP contribution in [-0.2, 0) is 6.42 Å². The number of benzene rings is 1. The van der Waals surface area contributed by atoms with Crippen molar-refractivity contribution in [3.8, 4) is 5.75 Å². The lowest BCUT2D eigenvalue weighted by Crippen LogP contribution is -2.48. The summed E-state index contributed by atoms with van der Waals surface area (Å²) in [6.07, 6.45) is -3.05. The van der Waals surface area contributed by atoms with Crippen LogP contribution < -0.4 is 4.74 Å². The number of ether oxygens (including phenoxy) is 1. The van der Waals surface area contributed by atoms with Crippen LogP contribution >= 0.6 is 0 Å². The van der Waals surface area contributed by atoms with Gasteiger partial charge >= 0.3 is 6.18 Å². The number of aromatic nitrogens is 2. The largest absolute Gasteiger partial charge is 0.496 e. The van der Waals surface area contributed by atoms with Gasteiger partial charge in [-0.25, -0.2) is 4.39 Å². The summed E-state index contributed by atoms with van der Waals surface area (Å²) in [6.45, 7) is 5.54. The number of nitrogens with zero attached hydrogens (tertiary/aromatic N) is 1. The van der Waals surface area contributed by atoms with Gasteiger partial charge in [-0.15, -0.1) is 0 Å². The second-order valence-corrected chi connectivity index (χ2v) is 6.96. The lowest BCUT2D eigenvalue weighted by molar-refractivity contribution is -0.263. The Labute approximate surface area is 172 Å². The molecule has 0 amide bonds. The number of hydrogen-bond acceptors (Lipinski definition) is 3. The smallest absolute Gasteiger partial charge is 0.417 e. The van der Waals surface area contributed by atoms with E-state index in [-0.39, 0.29) is 11.4 Å². The maximum Gasteiger partial charge on any atom is 0.417 e. The Morgan fingerprint density at radius 2 is 1.87 bits per heavy atom. The molecule has 3 aromatic rings. The standard InChI is InChI=1S/C20H20F4N2O2.C2H6/c1-12(16-4-3-14(21)8-18(16)28-2)9-19(27,20(22,23)24)10-15-7-13-5-6-25-11-17(13)26-15;1-2/h3-8,11-12,26-27H,9-10H2,1-2H3;1-2H3. The summed E-state index contributed by atoms with van der Waals surface area (Å²) in [7, 11) is 1.32. The Morgan fingerprint density at radius 3 is 2.47 bits per heavy atom. The molecule has 1 aromatic carbocycles. The second-order valence-electron chi connectivity index (χ2n) is 6.96. The molecule has 0 fully saturated rings. The van der Waals surface area contributed by atoms with E-state index in [2.05, 4.69) is 9.97 Å². The van der Waals surface area contributed by atoms with E-state index in [0.717, 1.165) is 12.1 Å². The number of rotatable bonds is 6. The van der Waals surface area contributed by atoms with Crippen molar-refractivity contribution in [2.75, 3.05) is 7.11 Å². The maximum absolute atomic E-state index is 13.8. The molecule has 0 spiro atoms. The molecule has 4 nitrogen and oxygen atoms in total. The van der Waals surface area contributed by atoms with Crippen LogP contribution in [-0.4, -0.2) is 34.0 Å². The van der Waals surface area contributed by atoms with E-state index >= 15 is 0 Å². The van der Waals surface area contributed by atoms with Gasteiger partial charge in [-0.2, -0.15) is 13.2 Å². The minimum atomic E-state index is -4.86. The van der Waals surface area contributed by atoms with Crippen LogP contribution in [0.25, 0.3) is 10.9 Å². The fourth-order valence-corrected chi connectivity index (χ4v) is 3.44. The lowest BCUT2D eigenvalue weighted by Gasteiger charge is -2.33. The van der Waals surface area contributed by atoms with Gasteiger partial charge in [-0.05, 0) is 36.1 Å². The molecule has 0 bridgehead atoms. The fourth-order valence-electron chi connectivity index (χ4n) is 3.44. The van der Waals surface area contributed by atoms with Crippen molar-refractivity contribution in [2.24, 2.45) is 0 Å². The third-order valence-electron chi connectivity index (χ3n) is 4.86. The summed E-state index contributed by atoms with van der Waals surface area (Å²) in [5.74, 6) is -1.13. The average Bonchev–Trinajstić information content (AvgIpc) is 3.10. The van der Waals surface area contributed by atoms with E-state index in [0.29, 0.717) is 16.5 Å². The quantitative estimate of drug-likeness (QED) is 0.492. The number of pyridine rings is 1. The summed E-state index contributed by atoms with van der Waals surface area (Å²) in [5, 5.41) is 11.3. The molecule has 0 saturated carbocycles. The highest BCUT2D eigenvalue weighted by atomic mass is 19.4. The first-order valence-electron chi connectivity index (χ1n) is 9.67. The molecule has 3 rings (SSSR count). The van der Waals surface area contributed by atoms with Crippen LogP contribution in [0.1, 0.15) is 44.4 Å². The topological polar surface area (TPSA) is 58.1 Å². The maximum atomic E-state index is 13.8. The van der Waals surface area contributed by atoms with Crippen LogP contribution in [0.4, 0.5) is 17.6 Å². The number of fused-ring (bicyclic) bond motifs is 1. The molecule has 2 aromatic heterocycles. The molecule has 0 saturated heterocycles. The summed E-state index contributed by atoms with van der Waals surface area (Å²) >= 11 is 0. The molecule has 0 radical (unpaired) electrons. The number of alkyl halides is 3. The van der Waals surface area contributed by atoms with Crippen molar-refractivity contribution in [2.45, 2.75) is 51.3 Å². The van der Waals surface area contributed by atoms with Gasteiger partial charge in [-0.1, -0.05) is 26.8 Å². The van der Waals surface area contributed by atoms with E-state index < -0.39 is 36.4 Å². The average molecular weight is 426 g/mol. The van der Waals surface area contributed by atoms with Gasteiger partial charge in [-0.3, -0.25) is 4.98 Å². The Bertz CT molecular complexity index is 938. The Kier molecular flexibility index (Phi) is 7.47. The molecular weight excluding hydrogens is 400 g/mol. The van der Waals surface area contributed by atoms with E-state index in [9.17, 15) is 22.7 Å². The SMILES string of the molecule is CC.COc1cc(F)ccc1C(C)CC(O)(Cc1cc2ccncc2[nH]1)C(F)(F)F. The molecule has 2 unspecified atom stereocenters. The molecule has 0 aliphatic heterocycles. The van der Waals surface area contributed by atoms with Gasteiger partial charge in [0.05, 0.1) is 18.8 Å². The monoisotopic (exact) mass is 426 g/mol. The number of aromatic amines is 1. The fraction of sp³-hybridized carbons (Fsp3) is 0.409. The Balaban J connectivity index is 0.00000155. The van der Waals surface area contributed by atoms with E-state index in [4.69, 9.17) is 4.74 Å². The number of nitrogens with one attached hydrogen (secondary N) is 1. The molecule has 2 N–H and O–H groups in total. The highest BCUT2D eigenvalue weighted by Crippen LogP contribution is 2.42. The van der Waals surface area contributed by atoms with E-state index in [1.807, 2.05) is 13.8 Å². The van der Waals surface area contributed by atoms with E-state index in [1.54, 1.807) is 25.3 Å². The molecule has 2 heterocycles.